The summed E-state index contributed by atoms with van der Waals surface area (Å²) in [6.07, 6.45) is 0. The van der Waals surface area contributed by atoms with Gasteiger partial charge in [-0.2, -0.15) is 11.3 Å². The molecule has 21 heavy (non-hydrogen) atoms. The molecular weight excluding hydrogens is 280 g/mol. The van der Waals surface area contributed by atoms with Crippen molar-refractivity contribution in [1.29, 1.82) is 0 Å². The molecule has 1 aromatic carbocycles. The third kappa shape index (κ3) is 2.59. The molecule has 3 rings (SSSR count). The predicted octanol–water partition coefficient (Wildman–Crippen LogP) is 4.34. The van der Waals surface area contributed by atoms with Crippen LogP contribution in [0.25, 0.3) is 10.9 Å². The first-order valence-electron chi connectivity index (χ1n) is 6.98. The van der Waals surface area contributed by atoms with E-state index >= 15 is 0 Å². The number of carbonyl (C=O) groups is 1. The van der Waals surface area contributed by atoms with E-state index in [9.17, 15) is 4.79 Å². The van der Waals surface area contributed by atoms with Crippen molar-refractivity contribution in [2.75, 3.05) is 0 Å². The maximum Gasteiger partial charge on any atom is 0.251 e. The Kier molecular flexibility index (Phi) is 3.55. The van der Waals surface area contributed by atoms with E-state index in [1.165, 1.54) is 5.56 Å². The molecule has 1 amide bonds. The minimum atomic E-state index is -0.0335. The van der Waals surface area contributed by atoms with Gasteiger partial charge in [-0.25, -0.2) is 0 Å². The fraction of sp³-hybridized carbons (Fsp3) is 0.235. The SMILES string of the molecule is Cc1[nH]c2ccc(C(=O)NC(C)c3ccsc3)cc2c1C. The predicted molar refractivity (Wildman–Crippen MR) is 88.0 cm³/mol. The molecule has 0 saturated heterocycles. The summed E-state index contributed by atoms with van der Waals surface area (Å²) in [4.78, 5) is 15.7. The van der Waals surface area contributed by atoms with Crippen molar-refractivity contribution < 1.29 is 4.79 Å². The number of carbonyl (C=O) groups excluding carboxylic acids is 1. The monoisotopic (exact) mass is 298 g/mol. The Hall–Kier alpha value is -2.07. The van der Waals surface area contributed by atoms with E-state index in [0.717, 1.165) is 22.2 Å². The quantitative estimate of drug-likeness (QED) is 0.742. The van der Waals surface area contributed by atoms with Crippen molar-refractivity contribution in [3.8, 4) is 0 Å². The highest BCUT2D eigenvalue weighted by Crippen LogP contribution is 2.23. The summed E-state index contributed by atoms with van der Waals surface area (Å²) < 4.78 is 0. The van der Waals surface area contributed by atoms with Gasteiger partial charge in [-0.15, -0.1) is 0 Å². The van der Waals surface area contributed by atoms with E-state index in [-0.39, 0.29) is 11.9 Å². The molecule has 0 aliphatic heterocycles. The molecule has 0 aliphatic carbocycles. The molecule has 1 unspecified atom stereocenters. The van der Waals surface area contributed by atoms with Crippen LogP contribution in [0.4, 0.5) is 0 Å². The van der Waals surface area contributed by atoms with Crippen LogP contribution in [-0.2, 0) is 0 Å². The van der Waals surface area contributed by atoms with Gasteiger partial charge in [0.25, 0.3) is 5.91 Å². The van der Waals surface area contributed by atoms with E-state index in [1.807, 2.05) is 43.5 Å². The van der Waals surface area contributed by atoms with E-state index in [4.69, 9.17) is 0 Å². The highest BCUT2D eigenvalue weighted by Gasteiger charge is 2.13. The van der Waals surface area contributed by atoms with Crippen LogP contribution in [0.3, 0.4) is 0 Å². The molecule has 2 heterocycles. The number of rotatable bonds is 3. The van der Waals surface area contributed by atoms with Crippen molar-refractivity contribution in [3.63, 3.8) is 0 Å². The number of hydrogen-bond acceptors (Lipinski definition) is 2. The number of hydrogen-bond donors (Lipinski definition) is 2. The lowest BCUT2D eigenvalue weighted by molar-refractivity contribution is 0.0940. The van der Waals surface area contributed by atoms with Gasteiger partial charge in [0.05, 0.1) is 6.04 Å². The zero-order valence-corrected chi connectivity index (χ0v) is 13.2. The van der Waals surface area contributed by atoms with Crippen LogP contribution in [0.2, 0.25) is 0 Å². The summed E-state index contributed by atoms with van der Waals surface area (Å²) in [6, 6.07) is 7.86. The van der Waals surface area contributed by atoms with Gasteiger partial charge in [-0.3, -0.25) is 4.79 Å². The summed E-state index contributed by atoms with van der Waals surface area (Å²) in [5, 5.41) is 8.25. The first-order valence-corrected chi connectivity index (χ1v) is 7.92. The highest BCUT2D eigenvalue weighted by atomic mass is 32.1. The summed E-state index contributed by atoms with van der Waals surface area (Å²) >= 11 is 1.64. The molecule has 0 saturated carbocycles. The fourth-order valence-corrected chi connectivity index (χ4v) is 3.24. The first-order chi connectivity index (χ1) is 10.1. The van der Waals surface area contributed by atoms with Crippen molar-refractivity contribution in [1.82, 2.24) is 10.3 Å². The molecule has 4 heteroatoms. The van der Waals surface area contributed by atoms with Crippen molar-refractivity contribution >= 4 is 28.1 Å². The summed E-state index contributed by atoms with van der Waals surface area (Å²) in [6.45, 7) is 6.13. The Morgan fingerprint density at radius 1 is 1.29 bits per heavy atom. The molecule has 0 bridgehead atoms. The molecule has 3 aromatic rings. The lowest BCUT2D eigenvalue weighted by Gasteiger charge is -2.12. The average molecular weight is 298 g/mol. The number of H-pyrrole nitrogens is 1. The number of aromatic nitrogens is 1. The van der Waals surface area contributed by atoms with Crippen LogP contribution >= 0.6 is 11.3 Å². The third-order valence-corrected chi connectivity index (χ3v) is 4.66. The number of fused-ring (bicyclic) bond motifs is 1. The van der Waals surface area contributed by atoms with E-state index in [0.29, 0.717) is 5.56 Å². The Morgan fingerprint density at radius 2 is 2.10 bits per heavy atom. The summed E-state index contributed by atoms with van der Waals surface area (Å²) in [7, 11) is 0. The maximum atomic E-state index is 12.4. The summed E-state index contributed by atoms with van der Waals surface area (Å²) in [5.74, 6) is -0.0335. The molecular formula is C17H18N2OS. The zero-order valence-electron chi connectivity index (χ0n) is 12.4. The topological polar surface area (TPSA) is 44.9 Å². The Bertz CT molecular complexity index is 787. The Balaban J connectivity index is 1.86. The van der Waals surface area contributed by atoms with Crippen molar-refractivity contribution in [2.24, 2.45) is 0 Å². The first kappa shape index (κ1) is 13.9. The molecule has 108 valence electrons. The number of aryl methyl sites for hydroxylation is 2. The van der Waals surface area contributed by atoms with Gasteiger partial charge in [0, 0.05) is 22.2 Å². The second-order valence-corrected chi connectivity index (χ2v) is 6.17. The molecule has 3 nitrogen and oxygen atoms in total. The second kappa shape index (κ2) is 5.37. The normalized spacial score (nSPS) is 12.5. The minimum absolute atomic E-state index is 0.0218. The number of nitrogens with one attached hydrogen (secondary N) is 2. The zero-order chi connectivity index (χ0) is 15.0. The molecule has 0 fully saturated rings. The van der Waals surface area contributed by atoms with Crippen molar-refractivity contribution in [2.45, 2.75) is 26.8 Å². The van der Waals surface area contributed by atoms with Gasteiger partial charge in [0.2, 0.25) is 0 Å². The third-order valence-electron chi connectivity index (χ3n) is 3.96. The molecule has 0 aliphatic rings. The van der Waals surface area contributed by atoms with E-state index in [1.54, 1.807) is 11.3 Å². The van der Waals surface area contributed by atoms with Gasteiger partial charge >= 0.3 is 0 Å². The van der Waals surface area contributed by atoms with Crippen LogP contribution in [0.5, 0.6) is 0 Å². The maximum absolute atomic E-state index is 12.4. The van der Waals surface area contributed by atoms with Gasteiger partial charge in [-0.1, -0.05) is 0 Å². The summed E-state index contributed by atoms with van der Waals surface area (Å²) in [5.41, 5.74) is 5.27. The van der Waals surface area contributed by atoms with Crippen LogP contribution in [0, 0.1) is 13.8 Å². The van der Waals surface area contributed by atoms with Crippen LogP contribution in [0.15, 0.2) is 35.0 Å². The number of aromatic amines is 1. The van der Waals surface area contributed by atoms with Crippen LogP contribution in [-0.4, -0.2) is 10.9 Å². The van der Waals surface area contributed by atoms with Crippen LogP contribution < -0.4 is 5.32 Å². The van der Waals surface area contributed by atoms with Gasteiger partial charge in [-0.05, 0) is 66.9 Å². The van der Waals surface area contributed by atoms with E-state index < -0.39 is 0 Å². The lowest BCUT2D eigenvalue weighted by Crippen LogP contribution is -2.26. The van der Waals surface area contributed by atoms with Crippen LogP contribution in [0.1, 0.15) is 40.1 Å². The highest BCUT2D eigenvalue weighted by molar-refractivity contribution is 7.07. The standard InChI is InChI=1S/C17H18N2OS/c1-10-11(2)18-16-5-4-13(8-15(10)16)17(20)19-12(3)14-6-7-21-9-14/h4-9,12,18H,1-3H3,(H,19,20). The Morgan fingerprint density at radius 3 is 2.81 bits per heavy atom. The largest absolute Gasteiger partial charge is 0.358 e. The average Bonchev–Trinajstić information content (AvgIpc) is 3.08. The van der Waals surface area contributed by atoms with Gasteiger partial charge in [0.15, 0.2) is 0 Å². The van der Waals surface area contributed by atoms with E-state index in [2.05, 4.69) is 22.6 Å². The lowest BCUT2D eigenvalue weighted by atomic mass is 10.1. The van der Waals surface area contributed by atoms with Gasteiger partial charge < -0.3 is 10.3 Å². The number of thiophene rings is 1. The second-order valence-electron chi connectivity index (χ2n) is 5.39. The molecule has 1 atom stereocenters. The smallest absolute Gasteiger partial charge is 0.251 e. The number of amides is 1. The minimum Gasteiger partial charge on any atom is -0.358 e. The fourth-order valence-electron chi connectivity index (χ4n) is 2.49. The molecule has 0 radical (unpaired) electrons. The molecule has 2 N–H and O–H groups in total. The number of benzene rings is 1. The molecule has 2 aromatic heterocycles. The van der Waals surface area contributed by atoms with Gasteiger partial charge in [0.1, 0.15) is 0 Å². The Labute approximate surface area is 128 Å². The van der Waals surface area contributed by atoms with Crippen molar-refractivity contribution in [3.05, 3.63) is 57.4 Å². The molecule has 0 spiro atoms.